The second kappa shape index (κ2) is 6.99. The minimum absolute atomic E-state index is 0.779. The van der Waals surface area contributed by atoms with E-state index in [0.29, 0.717) is 0 Å². The fourth-order valence-electron chi connectivity index (χ4n) is 2.10. The summed E-state index contributed by atoms with van der Waals surface area (Å²) in [7, 11) is 1.76. The monoisotopic (exact) mass is 212 g/mol. The summed E-state index contributed by atoms with van der Waals surface area (Å²) in [5, 5.41) is 3.44. The average molecular weight is 212 g/mol. The zero-order valence-electron chi connectivity index (χ0n) is 10.0. The van der Waals surface area contributed by atoms with Gasteiger partial charge in [0.1, 0.15) is 0 Å². The first-order chi connectivity index (χ1) is 7.27. The topological polar surface area (TPSA) is 24.5 Å². The largest absolute Gasteiger partial charge is 0.383 e. The van der Waals surface area contributed by atoms with Crippen LogP contribution in [0, 0.1) is 11.8 Å². The lowest BCUT2D eigenvalue weighted by Crippen LogP contribution is -2.34. The summed E-state index contributed by atoms with van der Waals surface area (Å²) < 4.78 is 5.12. The van der Waals surface area contributed by atoms with Crippen molar-refractivity contribution in [3.8, 4) is 0 Å². The predicted molar refractivity (Wildman–Crippen MR) is 64.0 cm³/mol. The minimum atomic E-state index is 0.779. The molecule has 1 rings (SSSR count). The Morgan fingerprint density at radius 1 is 1.53 bits per heavy atom. The lowest BCUT2D eigenvalue weighted by molar-refractivity contribution is 0.141. The molecule has 1 N–H and O–H groups in total. The van der Waals surface area contributed by atoms with E-state index in [1.54, 1.807) is 7.11 Å². The quantitative estimate of drug-likeness (QED) is 0.637. The van der Waals surface area contributed by atoms with Crippen molar-refractivity contribution in [2.75, 3.05) is 46.4 Å². The van der Waals surface area contributed by atoms with Crippen LogP contribution < -0.4 is 5.32 Å². The molecule has 3 heteroatoms. The second-order valence-corrected chi connectivity index (χ2v) is 4.44. The molecule has 3 nitrogen and oxygen atoms in total. The van der Waals surface area contributed by atoms with Gasteiger partial charge in [-0.2, -0.15) is 0 Å². The van der Waals surface area contributed by atoms with Crippen LogP contribution in [0.1, 0.15) is 6.92 Å². The molecule has 1 heterocycles. The van der Waals surface area contributed by atoms with Gasteiger partial charge in [-0.25, -0.2) is 0 Å². The first-order valence-corrected chi connectivity index (χ1v) is 5.80. The van der Waals surface area contributed by atoms with E-state index >= 15 is 0 Å². The van der Waals surface area contributed by atoms with Crippen LogP contribution in [0.2, 0.25) is 0 Å². The molecule has 1 saturated heterocycles. The summed E-state index contributed by atoms with van der Waals surface area (Å²) in [4.78, 5) is 2.42. The van der Waals surface area contributed by atoms with Crippen LogP contribution >= 0.6 is 0 Å². The van der Waals surface area contributed by atoms with E-state index in [9.17, 15) is 0 Å². The summed E-state index contributed by atoms with van der Waals surface area (Å²) in [6, 6.07) is 0. The summed E-state index contributed by atoms with van der Waals surface area (Å²) in [6.45, 7) is 12.4. The normalized spacial score (nSPS) is 26.1. The van der Waals surface area contributed by atoms with E-state index < -0.39 is 0 Å². The van der Waals surface area contributed by atoms with Gasteiger partial charge in [0.2, 0.25) is 0 Å². The number of hydrogen-bond donors (Lipinski definition) is 1. The zero-order chi connectivity index (χ0) is 11.1. The summed E-state index contributed by atoms with van der Waals surface area (Å²) in [5.41, 5.74) is 0. The average Bonchev–Trinajstić information content (AvgIpc) is 2.61. The van der Waals surface area contributed by atoms with E-state index in [1.807, 2.05) is 6.08 Å². The highest BCUT2D eigenvalue weighted by Gasteiger charge is 2.24. The van der Waals surface area contributed by atoms with Gasteiger partial charge in [-0.15, -0.1) is 6.58 Å². The Labute approximate surface area is 93.5 Å². The van der Waals surface area contributed by atoms with Crippen LogP contribution in [0.5, 0.6) is 0 Å². The number of methoxy groups -OCH3 is 1. The molecule has 0 aromatic rings. The smallest absolute Gasteiger partial charge is 0.0589 e. The van der Waals surface area contributed by atoms with Crippen LogP contribution in [0.25, 0.3) is 0 Å². The molecule has 0 amide bonds. The van der Waals surface area contributed by atoms with E-state index in [1.165, 1.54) is 0 Å². The molecule has 0 aromatic heterocycles. The molecule has 15 heavy (non-hydrogen) atoms. The van der Waals surface area contributed by atoms with Crippen LogP contribution in [0.15, 0.2) is 12.7 Å². The number of hydrogen-bond acceptors (Lipinski definition) is 3. The highest BCUT2D eigenvalue weighted by molar-refractivity contribution is 4.83. The van der Waals surface area contributed by atoms with Gasteiger partial charge in [-0.1, -0.05) is 13.0 Å². The third-order valence-corrected chi connectivity index (χ3v) is 3.17. The maximum absolute atomic E-state index is 5.12. The molecule has 0 spiro atoms. The van der Waals surface area contributed by atoms with Crippen molar-refractivity contribution >= 4 is 0 Å². The molecule has 1 fully saturated rings. The third kappa shape index (κ3) is 4.33. The van der Waals surface area contributed by atoms with Crippen molar-refractivity contribution in [2.24, 2.45) is 11.8 Å². The maximum atomic E-state index is 5.12. The van der Waals surface area contributed by atoms with Crippen molar-refractivity contribution in [2.45, 2.75) is 6.92 Å². The van der Waals surface area contributed by atoms with E-state index in [-0.39, 0.29) is 0 Å². The first-order valence-electron chi connectivity index (χ1n) is 5.80. The molecule has 0 aliphatic carbocycles. The molecule has 0 bridgehead atoms. The Morgan fingerprint density at radius 3 is 2.87 bits per heavy atom. The number of nitrogens with one attached hydrogen (secondary N) is 1. The van der Waals surface area contributed by atoms with Crippen molar-refractivity contribution in [1.29, 1.82) is 0 Å². The Balaban J connectivity index is 2.31. The molecule has 0 unspecified atom stereocenters. The fourth-order valence-corrected chi connectivity index (χ4v) is 2.10. The van der Waals surface area contributed by atoms with E-state index in [0.717, 1.165) is 51.2 Å². The Bertz CT molecular complexity index is 184. The zero-order valence-corrected chi connectivity index (χ0v) is 10.0. The van der Waals surface area contributed by atoms with Crippen molar-refractivity contribution in [3.63, 3.8) is 0 Å². The molecule has 0 radical (unpaired) electrons. The Morgan fingerprint density at radius 2 is 2.33 bits per heavy atom. The van der Waals surface area contributed by atoms with Crippen LogP contribution in [-0.2, 0) is 4.74 Å². The maximum Gasteiger partial charge on any atom is 0.0589 e. The van der Waals surface area contributed by atoms with Gasteiger partial charge in [0.05, 0.1) is 6.61 Å². The van der Waals surface area contributed by atoms with Gasteiger partial charge in [0, 0.05) is 26.7 Å². The SMILES string of the molecule is C=CCN(CCOC)C[C@@H]1CNC[C@H]1C. The Hall–Kier alpha value is -0.380. The minimum Gasteiger partial charge on any atom is -0.383 e. The van der Waals surface area contributed by atoms with Crippen LogP contribution in [-0.4, -0.2) is 51.3 Å². The predicted octanol–water partition coefficient (Wildman–Crippen LogP) is 0.976. The standard InChI is InChI=1S/C12H24N2O/c1-4-5-14(6-7-15-3)10-12-9-13-8-11(12)2/h4,11-13H,1,5-10H2,2-3H3/t11-,12+/m1/s1. The highest BCUT2D eigenvalue weighted by Crippen LogP contribution is 2.16. The summed E-state index contributed by atoms with van der Waals surface area (Å²) in [5.74, 6) is 1.57. The molecule has 88 valence electrons. The third-order valence-electron chi connectivity index (χ3n) is 3.17. The van der Waals surface area contributed by atoms with Gasteiger partial charge < -0.3 is 10.1 Å². The van der Waals surface area contributed by atoms with Gasteiger partial charge in [0.15, 0.2) is 0 Å². The molecule has 1 aliphatic rings. The number of rotatable bonds is 7. The van der Waals surface area contributed by atoms with Gasteiger partial charge >= 0.3 is 0 Å². The molecular formula is C12H24N2O. The van der Waals surface area contributed by atoms with Crippen molar-refractivity contribution < 1.29 is 4.74 Å². The Kier molecular flexibility index (Phi) is 5.91. The summed E-state index contributed by atoms with van der Waals surface area (Å²) in [6.07, 6.45) is 1.97. The van der Waals surface area contributed by atoms with E-state index in [4.69, 9.17) is 4.74 Å². The van der Waals surface area contributed by atoms with Crippen molar-refractivity contribution in [3.05, 3.63) is 12.7 Å². The van der Waals surface area contributed by atoms with Gasteiger partial charge in [0.25, 0.3) is 0 Å². The lowest BCUT2D eigenvalue weighted by atomic mass is 9.97. The van der Waals surface area contributed by atoms with Crippen LogP contribution in [0.4, 0.5) is 0 Å². The lowest BCUT2D eigenvalue weighted by Gasteiger charge is -2.25. The molecular weight excluding hydrogens is 188 g/mol. The fraction of sp³-hybridized carbons (Fsp3) is 0.833. The second-order valence-electron chi connectivity index (χ2n) is 4.44. The molecule has 1 aliphatic heterocycles. The van der Waals surface area contributed by atoms with Gasteiger partial charge in [-0.3, -0.25) is 4.90 Å². The van der Waals surface area contributed by atoms with E-state index in [2.05, 4.69) is 23.7 Å². The molecule has 0 saturated carbocycles. The summed E-state index contributed by atoms with van der Waals surface area (Å²) >= 11 is 0. The first kappa shape index (κ1) is 12.7. The van der Waals surface area contributed by atoms with Crippen molar-refractivity contribution in [1.82, 2.24) is 10.2 Å². The number of nitrogens with zero attached hydrogens (tertiary/aromatic N) is 1. The van der Waals surface area contributed by atoms with Gasteiger partial charge in [-0.05, 0) is 24.9 Å². The molecule has 0 aromatic carbocycles. The number of ether oxygens (including phenoxy) is 1. The highest BCUT2D eigenvalue weighted by atomic mass is 16.5. The van der Waals surface area contributed by atoms with Crippen LogP contribution in [0.3, 0.4) is 0 Å². The molecule has 2 atom stereocenters.